The van der Waals surface area contributed by atoms with Crippen molar-refractivity contribution in [3.63, 3.8) is 0 Å². The molecule has 1 aromatic rings. The van der Waals surface area contributed by atoms with Gasteiger partial charge in [-0.2, -0.15) is 0 Å². The van der Waals surface area contributed by atoms with Crippen LogP contribution in [-0.2, 0) is 40.3 Å². The molecule has 0 radical (unpaired) electrons. The minimum Gasteiger partial charge on any atom is -0.781 e. The van der Waals surface area contributed by atoms with Gasteiger partial charge < -0.3 is 56.8 Å². The summed E-state index contributed by atoms with van der Waals surface area (Å²) in [7, 11) is -21.1. The third kappa shape index (κ3) is 48.1. The van der Waals surface area contributed by atoms with Crippen LogP contribution in [0.25, 0.3) is 0 Å². The van der Waals surface area contributed by atoms with E-state index >= 15 is 0 Å². The van der Waals surface area contributed by atoms with E-state index in [9.17, 15) is 56.8 Å². The van der Waals surface area contributed by atoms with Crippen LogP contribution >= 0.6 is 49.5 Å². The van der Waals surface area contributed by atoms with Crippen molar-refractivity contribution in [2.45, 2.75) is 6.92 Å². The van der Waals surface area contributed by atoms with Crippen LogP contribution in [-0.4, -0.2) is 0 Å². The molecule has 1 aromatic carbocycles. The van der Waals surface area contributed by atoms with Crippen LogP contribution in [0, 0.1) is 38.0 Å². The predicted octanol–water partition coefficient (Wildman–Crippen LogP) is -2.50. The Hall–Kier alpha value is 1.29. The zero-order chi connectivity index (χ0) is 22.7. The zero-order valence-electron chi connectivity index (χ0n) is 14.0. The standard InChI is InChI=1S/C7H8.3H4O5P2.U/c1-7-5-3-2-4-6-7;3*1-6(2)5-7(3)4;/h2-6H,1H3;3*6-7H,(H,1,2)(H,3,4);/q;;;;+6/p-6. The molecule has 0 N–H and O–H groups in total. The van der Waals surface area contributed by atoms with Crippen molar-refractivity contribution in [2.24, 2.45) is 0 Å². The van der Waals surface area contributed by atoms with Gasteiger partial charge in [0.25, 0.3) is 0 Å². The first-order valence-electron chi connectivity index (χ1n) is 6.08. The predicted molar refractivity (Wildman–Crippen MR) is 88.4 cm³/mol. The number of rotatable bonds is 6. The summed E-state index contributed by atoms with van der Waals surface area (Å²) in [6.45, 7) is 2.08. The van der Waals surface area contributed by atoms with E-state index < -0.39 is 49.5 Å². The molecular formula is C7H14O15P6U. The van der Waals surface area contributed by atoms with Crippen molar-refractivity contribution >= 4 is 49.5 Å². The summed E-state index contributed by atoms with van der Waals surface area (Å²) in [5, 5.41) is 0. The molecular weight excluding hydrogens is 748 g/mol. The molecule has 0 spiro atoms. The summed E-state index contributed by atoms with van der Waals surface area (Å²) >= 11 is 0. The summed E-state index contributed by atoms with van der Waals surface area (Å²) in [5.41, 5.74) is 1.32. The second kappa shape index (κ2) is 25.6. The maximum atomic E-state index is 9.29. The molecule has 0 aliphatic heterocycles. The first kappa shape index (κ1) is 37.6. The number of hydrogen-bond acceptors (Lipinski definition) is 15. The Morgan fingerprint density at radius 2 is 0.759 bits per heavy atom. The van der Waals surface area contributed by atoms with Crippen LogP contribution in [0.1, 0.15) is 5.56 Å². The Kier molecular flexibility index (Phi) is 33.1. The van der Waals surface area contributed by atoms with Gasteiger partial charge in [-0.05, 0) is 6.92 Å². The minimum absolute atomic E-state index is 0. The van der Waals surface area contributed by atoms with Crippen molar-refractivity contribution in [2.75, 3.05) is 0 Å². The molecule has 0 saturated heterocycles. The quantitative estimate of drug-likeness (QED) is 0.271. The van der Waals surface area contributed by atoms with Crippen molar-refractivity contribution in [3.05, 3.63) is 35.9 Å². The third-order valence-electron chi connectivity index (χ3n) is 1.44. The molecule has 15 nitrogen and oxygen atoms in total. The molecule has 0 aromatic heterocycles. The fourth-order valence-electron chi connectivity index (χ4n) is 0.739. The number of aryl methyl sites for hydroxylation is 1. The van der Waals surface area contributed by atoms with Crippen LogP contribution < -0.4 is 29.4 Å². The van der Waals surface area contributed by atoms with Crippen molar-refractivity contribution in [3.8, 4) is 0 Å². The maximum Gasteiger partial charge on any atom is 6.00 e. The van der Waals surface area contributed by atoms with Gasteiger partial charge >= 0.3 is 31.1 Å². The van der Waals surface area contributed by atoms with Crippen LogP contribution in [0.5, 0.6) is 0 Å². The smallest absolute Gasteiger partial charge is 0.781 e. The monoisotopic (exact) mass is 762 g/mol. The average Bonchev–Trinajstić information content (AvgIpc) is 2.45. The fourth-order valence-corrected chi connectivity index (χ4v) is 2.37. The maximum absolute atomic E-state index is 9.29. The molecule has 166 valence electrons. The van der Waals surface area contributed by atoms with Crippen molar-refractivity contribution in [1.29, 1.82) is 0 Å². The van der Waals surface area contributed by atoms with Gasteiger partial charge in [0, 0.05) is 0 Å². The van der Waals surface area contributed by atoms with Gasteiger partial charge in [0.05, 0.1) is 0 Å². The average molecular weight is 762 g/mol. The van der Waals surface area contributed by atoms with E-state index in [1.165, 1.54) is 5.56 Å². The SMILES string of the molecule is Cc1ccccc1.O=[PH]([O-])O[PH](=O)[O-].O=[PH]([O-])O[PH](=O)[O-].O=[PH]([O-])O[PH](=O)[O-].[U+6]. The molecule has 0 aliphatic carbocycles. The molecule has 0 saturated carbocycles. The summed E-state index contributed by atoms with van der Waals surface area (Å²) in [6, 6.07) is 10.3. The van der Waals surface area contributed by atoms with Gasteiger partial charge in [0.1, 0.15) is 49.5 Å². The van der Waals surface area contributed by atoms with E-state index in [-0.39, 0.29) is 31.1 Å². The molecule has 1 rings (SSSR count). The largest absolute Gasteiger partial charge is 6.00 e. The Balaban J connectivity index is -0.000000142. The Bertz CT molecular complexity index is 573. The molecule has 0 amide bonds. The van der Waals surface area contributed by atoms with Crippen LogP contribution in [0.3, 0.4) is 0 Å². The fraction of sp³-hybridized carbons (Fsp3) is 0.143. The van der Waals surface area contributed by atoms with Crippen molar-refractivity contribution in [1.82, 2.24) is 0 Å². The zero-order valence-corrected chi connectivity index (χ0v) is 24.2. The van der Waals surface area contributed by atoms with E-state index in [0.717, 1.165) is 0 Å². The van der Waals surface area contributed by atoms with E-state index in [4.69, 9.17) is 0 Å². The van der Waals surface area contributed by atoms with Gasteiger partial charge in [-0.1, -0.05) is 35.9 Å². The number of benzene rings is 1. The van der Waals surface area contributed by atoms with Gasteiger partial charge in [-0.25, -0.2) is 0 Å². The molecule has 0 bridgehead atoms. The molecule has 6 unspecified atom stereocenters. The molecule has 29 heavy (non-hydrogen) atoms. The summed E-state index contributed by atoms with van der Waals surface area (Å²) in [5.74, 6) is 0. The van der Waals surface area contributed by atoms with Gasteiger partial charge in [0.15, 0.2) is 0 Å². The molecule has 0 heterocycles. The topological polar surface area (TPSA) is 268 Å². The molecule has 22 heteroatoms. The van der Waals surface area contributed by atoms with E-state index in [0.29, 0.717) is 0 Å². The first-order chi connectivity index (χ1) is 12.8. The van der Waals surface area contributed by atoms with Crippen LogP contribution in [0.4, 0.5) is 0 Å². The Morgan fingerprint density at radius 3 is 0.828 bits per heavy atom. The van der Waals surface area contributed by atoms with E-state index in [2.05, 4.69) is 32.0 Å². The minimum atomic E-state index is -3.51. The second-order valence-electron chi connectivity index (χ2n) is 3.46. The molecule has 6 atom stereocenters. The summed E-state index contributed by atoms with van der Waals surface area (Å²) in [4.78, 5) is 55.7. The second-order valence-corrected chi connectivity index (χ2v) is 8.91. The van der Waals surface area contributed by atoms with E-state index in [1.807, 2.05) is 18.2 Å². The van der Waals surface area contributed by atoms with Gasteiger partial charge in [0.2, 0.25) is 0 Å². The van der Waals surface area contributed by atoms with Crippen LogP contribution in [0.15, 0.2) is 30.3 Å². The Labute approximate surface area is 192 Å². The van der Waals surface area contributed by atoms with Gasteiger partial charge in [-0.15, -0.1) is 0 Å². The first-order valence-corrected chi connectivity index (χ1v) is 13.4. The Morgan fingerprint density at radius 1 is 0.552 bits per heavy atom. The summed E-state index contributed by atoms with van der Waals surface area (Å²) in [6.07, 6.45) is 0. The van der Waals surface area contributed by atoms with Crippen molar-refractivity contribution < 1.29 is 101 Å². The van der Waals surface area contributed by atoms with Crippen LogP contribution in [0.2, 0.25) is 0 Å². The van der Waals surface area contributed by atoms with E-state index in [1.54, 1.807) is 0 Å². The summed E-state index contributed by atoms with van der Waals surface area (Å²) < 4.78 is 65.4. The third-order valence-corrected chi connectivity index (χ3v) is 5.44. The normalized spacial score (nSPS) is 15.6. The molecule has 0 fully saturated rings. The number of hydrogen-bond donors (Lipinski definition) is 0. The molecule has 0 aliphatic rings. The van der Waals surface area contributed by atoms with Gasteiger partial charge in [-0.3, -0.25) is 12.9 Å².